The van der Waals surface area contributed by atoms with Crippen LogP contribution in [0, 0.1) is 11.3 Å². The van der Waals surface area contributed by atoms with Crippen LogP contribution in [0.4, 0.5) is 0 Å². The summed E-state index contributed by atoms with van der Waals surface area (Å²) < 4.78 is 5.56. The molecule has 2 aromatic rings. The van der Waals surface area contributed by atoms with Crippen molar-refractivity contribution in [1.82, 2.24) is 10.6 Å². The van der Waals surface area contributed by atoms with Gasteiger partial charge in [-0.05, 0) is 48.0 Å². The number of hydrogen-bond donors (Lipinski definition) is 2. The molecule has 0 aromatic heterocycles. The van der Waals surface area contributed by atoms with Crippen LogP contribution in [0.25, 0.3) is 11.1 Å². The van der Waals surface area contributed by atoms with Gasteiger partial charge in [-0.1, -0.05) is 36.4 Å². The van der Waals surface area contributed by atoms with Crippen LogP contribution in [0.3, 0.4) is 0 Å². The minimum atomic E-state index is -0.578. The molecule has 2 aromatic carbocycles. The molecule has 1 saturated heterocycles. The number of amides is 1. The topological polar surface area (TPSA) is 74.2 Å². The molecule has 2 N–H and O–H groups in total. The van der Waals surface area contributed by atoms with Crippen molar-refractivity contribution < 1.29 is 9.53 Å². The lowest BCUT2D eigenvalue weighted by molar-refractivity contribution is -0.132. The van der Waals surface area contributed by atoms with Crippen LogP contribution in [-0.4, -0.2) is 44.0 Å². The van der Waals surface area contributed by atoms with Gasteiger partial charge < -0.3 is 15.4 Å². The minimum absolute atomic E-state index is 0.230. The van der Waals surface area contributed by atoms with E-state index in [1.807, 2.05) is 12.1 Å². The van der Waals surface area contributed by atoms with E-state index in [1.54, 1.807) is 11.8 Å². The first kappa shape index (κ1) is 20.4. The largest absolute Gasteiger partial charge is 0.367 e. The molecule has 0 spiro atoms. The molecule has 1 fully saturated rings. The third-order valence-electron chi connectivity index (χ3n) is 4.73. The van der Waals surface area contributed by atoms with Crippen molar-refractivity contribution in [2.45, 2.75) is 29.9 Å². The molecular formula is C22H25N3O2S. The van der Waals surface area contributed by atoms with E-state index in [9.17, 15) is 10.1 Å². The summed E-state index contributed by atoms with van der Waals surface area (Å²) in [6.45, 7) is 1.88. The van der Waals surface area contributed by atoms with E-state index in [1.165, 1.54) is 4.90 Å². The predicted molar refractivity (Wildman–Crippen MR) is 112 cm³/mol. The van der Waals surface area contributed by atoms with Gasteiger partial charge in [0.15, 0.2) is 0 Å². The summed E-state index contributed by atoms with van der Waals surface area (Å²) in [4.78, 5) is 13.6. The van der Waals surface area contributed by atoms with E-state index in [0.717, 1.165) is 29.7 Å². The van der Waals surface area contributed by atoms with Crippen LogP contribution in [-0.2, 0) is 16.0 Å². The molecule has 1 amide bonds. The number of benzene rings is 2. The molecule has 1 unspecified atom stereocenters. The van der Waals surface area contributed by atoms with Crippen molar-refractivity contribution in [3.63, 3.8) is 0 Å². The number of hydrogen-bond acceptors (Lipinski definition) is 5. The third-order valence-corrected chi connectivity index (χ3v) is 5.47. The smallest absolute Gasteiger partial charge is 0.251 e. The first-order valence-electron chi connectivity index (χ1n) is 9.45. The molecule has 6 heteroatoms. The van der Waals surface area contributed by atoms with Crippen molar-refractivity contribution in [3.8, 4) is 17.2 Å². The fourth-order valence-corrected chi connectivity index (χ4v) is 3.54. The van der Waals surface area contributed by atoms with Crippen molar-refractivity contribution in [2.24, 2.45) is 0 Å². The normalized spacial score (nSPS) is 17.9. The van der Waals surface area contributed by atoms with Crippen LogP contribution in [0.5, 0.6) is 0 Å². The van der Waals surface area contributed by atoms with Crippen molar-refractivity contribution >= 4 is 17.7 Å². The second-order valence-corrected chi connectivity index (χ2v) is 7.62. The Morgan fingerprint density at radius 1 is 1.25 bits per heavy atom. The minimum Gasteiger partial charge on any atom is -0.367 e. The summed E-state index contributed by atoms with van der Waals surface area (Å²) in [5.41, 5.74) is 3.30. The van der Waals surface area contributed by atoms with Gasteiger partial charge in [0, 0.05) is 24.5 Å². The van der Waals surface area contributed by atoms with Crippen LogP contribution in [0.1, 0.15) is 12.0 Å². The van der Waals surface area contributed by atoms with Gasteiger partial charge in [0.05, 0.1) is 6.07 Å². The number of thioether (sulfide) groups is 1. The fourth-order valence-electron chi connectivity index (χ4n) is 3.13. The first-order chi connectivity index (χ1) is 13.7. The maximum absolute atomic E-state index is 12.4. The molecule has 1 aliphatic heterocycles. The van der Waals surface area contributed by atoms with Crippen LogP contribution in [0.2, 0.25) is 0 Å². The Morgan fingerprint density at radius 3 is 2.57 bits per heavy atom. The Hall–Kier alpha value is -2.33. The van der Waals surface area contributed by atoms with Crippen molar-refractivity contribution in [2.75, 3.05) is 26.0 Å². The van der Waals surface area contributed by atoms with E-state index in [4.69, 9.17) is 4.74 Å². The summed E-state index contributed by atoms with van der Waals surface area (Å²) in [5, 5.41) is 15.4. The van der Waals surface area contributed by atoms with Gasteiger partial charge in [-0.25, -0.2) is 0 Å². The van der Waals surface area contributed by atoms with E-state index in [0.29, 0.717) is 19.6 Å². The zero-order valence-corrected chi connectivity index (χ0v) is 16.8. The zero-order chi connectivity index (χ0) is 19.8. The second-order valence-electron chi connectivity index (χ2n) is 6.74. The second kappa shape index (κ2) is 10.3. The van der Waals surface area contributed by atoms with E-state index in [-0.39, 0.29) is 5.91 Å². The summed E-state index contributed by atoms with van der Waals surface area (Å²) in [5.74, 6) is -0.230. The third kappa shape index (κ3) is 5.59. The van der Waals surface area contributed by atoms with Gasteiger partial charge in [-0.15, -0.1) is 11.8 Å². The fraction of sp³-hybridized carbons (Fsp3) is 0.364. The van der Waals surface area contributed by atoms with Crippen molar-refractivity contribution in [1.29, 1.82) is 5.26 Å². The average Bonchev–Trinajstić information content (AvgIpc) is 3.03. The number of carbonyl (C=O) groups excluding carboxylic acids is 1. The first-order valence-corrected chi connectivity index (χ1v) is 10.7. The van der Waals surface area contributed by atoms with Gasteiger partial charge in [-0.3, -0.25) is 4.79 Å². The molecule has 146 valence electrons. The zero-order valence-electron chi connectivity index (χ0n) is 16.0. The lowest BCUT2D eigenvalue weighted by Gasteiger charge is -2.18. The molecular weight excluding hydrogens is 370 g/mol. The summed E-state index contributed by atoms with van der Waals surface area (Å²) in [6.07, 6.45) is 2.88. The predicted octanol–water partition coefficient (Wildman–Crippen LogP) is 3.00. The molecule has 5 nitrogen and oxygen atoms in total. The lowest BCUT2D eigenvalue weighted by atomic mass is 10.0. The Balaban J connectivity index is 1.59. The summed E-state index contributed by atoms with van der Waals surface area (Å²) in [7, 11) is 0. The monoisotopic (exact) mass is 395 g/mol. The Kier molecular flexibility index (Phi) is 7.49. The van der Waals surface area contributed by atoms with Gasteiger partial charge >= 0.3 is 0 Å². The van der Waals surface area contributed by atoms with Crippen LogP contribution in [0.15, 0.2) is 53.4 Å². The Labute approximate surface area is 170 Å². The van der Waals surface area contributed by atoms with E-state index < -0.39 is 12.1 Å². The molecule has 28 heavy (non-hydrogen) atoms. The average molecular weight is 396 g/mol. The van der Waals surface area contributed by atoms with Gasteiger partial charge in [0.25, 0.3) is 5.91 Å². The molecule has 1 aliphatic rings. The molecule has 0 radical (unpaired) electrons. The highest BCUT2D eigenvalue weighted by atomic mass is 32.2. The standard InChI is InChI=1S/C22H25N3O2S/c1-28-20-9-7-18(8-10-20)17-5-3-16(4-6-17)13-19(14-23)25-22(26)21-15-24-11-2-12-27-21/h3-10,19,21,24H,2,11-13,15H2,1H3,(H,25,26)/t19?,21-/m0/s1. The molecule has 0 bridgehead atoms. The van der Waals surface area contributed by atoms with E-state index in [2.05, 4.69) is 59.4 Å². The number of ether oxygens (including phenoxy) is 1. The summed E-state index contributed by atoms with van der Waals surface area (Å²) >= 11 is 1.72. The summed E-state index contributed by atoms with van der Waals surface area (Å²) in [6, 6.07) is 18.2. The van der Waals surface area contributed by atoms with Crippen LogP contribution >= 0.6 is 11.8 Å². The number of nitrogens with one attached hydrogen (secondary N) is 2. The molecule has 0 aliphatic carbocycles. The van der Waals surface area contributed by atoms with E-state index >= 15 is 0 Å². The van der Waals surface area contributed by atoms with Gasteiger partial charge in [0.1, 0.15) is 12.1 Å². The lowest BCUT2D eigenvalue weighted by Crippen LogP contribution is -2.46. The van der Waals surface area contributed by atoms with Gasteiger partial charge in [-0.2, -0.15) is 5.26 Å². The van der Waals surface area contributed by atoms with Gasteiger partial charge in [0.2, 0.25) is 0 Å². The number of nitriles is 1. The molecule has 1 heterocycles. The molecule has 3 rings (SSSR count). The molecule has 0 saturated carbocycles. The van der Waals surface area contributed by atoms with Crippen molar-refractivity contribution in [3.05, 3.63) is 54.1 Å². The maximum atomic E-state index is 12.4. The highest BCUT2D eigenvalue weighted by Gasteiger charge is 2.23. The SMILES string of the molecule is CSc1ccc(-c2ccc(CC(C#N)NC(=O)[C@@H]3CNCCCO3)cc2)cc1. The quantitative estimate of drug-likeness (QED) is 0.736. The molecule has 2 atom stereocenters. The highest BCUT2D eigenvalue weighted by molar-refractivity contribution is 7.98. The number of nitrogens with zero attached hydrogens (tertiary/aromatic N) is 1. The number of carbonyl (C=O) groups is 1. The Bertz CT molecular complexity index is 807. The Morgan fingerprint density at radius 2 is 1.93 bits per heavy atom. The number of rotatable bonds is 6. The maximum Gasteiger partial charge on any atom is 0.251 e. The highest BCUT2D eigenvalue weighted by Crippen LogP contribution is 2.23. The van der Waals surface area contributed by atoms with Crippen LogP contribution < -0.4 is 10.6 Å².